The lowest BCUT2D eigenvalue weighted by Crippen LogP contribution is -2.26. The van der Waals surface area contributed by atoms with E-state index < -0.39 is 5.60 Å². The number of aliphatic hydroxyl groups is 1. The first-order valence-corrected chi connectivity index (χ1v) is 11.3. The molecule has 34 heavy (non-hydrogen) atoms. The van der Waals surface area contributed by atoms with E-state index in [0.29, 0.717) is 23.3 Å². The number of fused-ring (bicyclic) bond motifs is 1. The molecule has 4 heterocycles. The predicted octanol–water partition coefficient (Wildman–Crippen LogP) is 4.83. The number of nitrogens with zero attached hydrogens (tertiary/aromatic N) is 4. The number of furan rings is 1. The van der Waals surface area contributed by atoms with Gasteiger partial charge < -0.3 is 25.1 Å². The number of aromatic nitrogens is 3. The van der Waals surface area contributed by atoms with Crippen molar-refractivity contribution in [2.75, 3.05) is 24.2 Å². The molecule has 0 aliphatic carbocycles. The van der Waals surface area contributed by atoms with E-state index in [9.17, 15) is 5.11 Å². The zero-order chi connectivity index (χ0) is 23.7. The van der Waals surface area contributed by atoms with Crippen LogP contribution in [0, 0.1) is 0 Å². The number of pyridine rings is 1. The zero-order valence-electron chi connectivity index (χ0n) is 19.5. The summed E-state index contributed by atoms with van der Waals surface area (Å²) in [4.78, 5) is 16.2. The molecule has 0 amide bonds. The number of rotatable bonds is 6. The summed E-state index contributed by atoms with van der Waals surface area (Å²) in [6.45, 7) is 5.44. The van der Waals surface area contributed by atoms with Crippen LogP contribution >= 0.6 is 0 Å². The summed E-state index contributed by atoms with van der Waals surface area (Å²) in [5.41, 5.74) is 4.81. The molecule has 0 bridgehead atoms. The molecule has 0 saturated carbocycles. The summed E-state index contributed by atoms with van der Waals surface area (Å²) in [6.07, 6.45) is 6.05. The smallest absolute Gasteiger partial charge is 0.229 e. The van der Waals surface area contributed by atoms with Crippen LogP contribution in [0.2, 0.25) is 0 Å². The average molecular weight is 457 g/mol. The van der Waals surface area contributed by atoms with Gasteiger partial charge in [-0.1, -0.05) is 12.1 Å². The molecule has 1 aromatic carbocycles. The maximum Gasteiger partial charge on any atom is 0.229 e. The van der Waals surface area contributed by atoms with Crippen LogP contribution in [0.1, 0.15) is 30.7 Å². The first-order valence-electron chi connectivity index (χ1n) is 11.3. The topological polar surface area (TPSA) is 99.3 Å². The maximum absolute atomic E-state index is 10.4. The zero-order valence-corrected chi connectivity index (χ0v) is 19.5. The van der Waals surface area contributed by atoms with E-state index in [1.807, 2.05) is 18.2 Å². The largest absolute Gasteiger partial charge is 0.472 e. The Hall–Kier alpha value is -3.75. The van der Waals surface area contributed by atoms with Gasteiger partial charge >= 0.3 is 0 Å². The van der Waals surface area contributed by atoms with Crippen molar-refractivity contribution in [3.05, 3.63) is 78.0 Å². The molecule has 0 radical (unpaired) electrons. The maximum atomic E-state index is 10.4. The second-order valence-corrected chi connectivity index (χ2v) is 9.16. The van der Waals surface area contributed by atoms with Crippen molar-refractivity contribution >= 4 is 23.3 Å². The third-order valence-corrected chi connectivity index (χ3v) is 5.91. The van der Waals surface area contributed by atoms with Crippen molar-refractivity contribution in [3.8, 4) is 11.1 Å². The van der Waals surface area contributed by atoms with Crippen molar-refractivity contribution in [1.29, 1.82) is 0 Å². The van der Waals surface area contributed by atoms with Crippen molar-refractivity contribution in [2.45, 2.75) is 32.4 Å². The Balaban J connectivity index is 1.46. The van der Waals surface area contributed by atoms with E-state index in [1.165, 1.54) is 11.1 Å². The first kappa shape index (κ1) is 22.1. The normalized spacial score (nSPS) is 14.0. The lowest BCUT2D eigenvalue weighted by Gasteiger charge is -2.25. The van der Waals surface area contributed by atoms with Gasteiger partial charge in [-0.05, 0) is 68.8 Å². The Morgan fingerprint density at radius 1 is 1.06 bits per heavy atom. The lowest BCUT2D eigenvalue weighted by atomic mass is 9.99. The molecular formula is C26H28N6O2. The monoisotopic (exact) mass is 456 g/mol. The molecule has 0 atom stereocenters. The van der Waals surface area contributed by atoms with Gasteiger partial charge in [0, 0.05) is 36.1 Å². The van der Waals surface area contributed by atoms with Crippen LogP contribution in [0.3, 0.4) is 0 Å². The Morgan fingerprint density at radius 2 is 1.94 bits per heavy atom. The van der Waals surface area contributed by atoms with Crippen LogP contribution in [0.15, 0.2) is 65.6 Å². The Morgan fingerprint density at radius 3 is 2.74 bits per heavy atom. The highest BCUT2D eigenvalue weighted by Crippen LogP contribution is 2.31. The van der Waals surface area contributed by atoms with Gasteiger partial charge in [-0.3, -0.25) is 0 Å². The summed E-state index contributed by atoms with van der Waals surface area (Å²) in [6, 6.07) is 13.7. The Bertz CT molecular complexity index is 1300. The number of nitrogens with one attached hydrogen (secondary N) is 2. The predicted molar refractivity (Wildman–Crippen MR) is 132 cm³/mol. The minimum Gasteiger partial charge on any atom is -0.472 e. The summed E-state index contributed by atoms with van der Waals surface area (Å²) in [5, 5.41) is 17.0. The molecule has 8 heteroatoms. The molecule has 4 aromatic rings. The van der Waals surface area contributed by atoms with Gasteiger partial charge in [-0.25, -0.2) is 9.97 Å². The molecule has 8 nitrogen and oxygen atoms in total. The lowest BCUT2D eigenvalue weighted by molar-refractivity contribution is 0.0740. The highest BCUT2D eigenvalue weighted by Gasteiger charge is 2.19. The molecule has 174 valence electrons. The SMILES string of the molecule is CN1CCc2cc(Nc3ncc(-c4ccoc4)c(Nc4cccc(C(C)(C)O)n4)n3)ccc2C1. The van der Waals surface area contributed by atoms with E-state index in [0.717, 1.165) is 36.3 Å². The fourth-order valence-electron chi connectivity index (χ4n) is 4.03. The first-order chi connectivity index (χ1) is 16.3. The number of hydrogen-bond acceptors (Lipinski definition) is 8. The molecular weight excluding hydrogens is 428 g/mol. The summed E-state index contributed by atoms with van der Waals surface area (Å²) in [7, 11) is 2.14. The van der Waals surface area contributed by atoms with Gasteiger partial charge in [0.2, 0.25) is 5.95 Å². The molecule has 1 aliphatic rings. The number of hydrogen-bond donors (Lipinski definition) is 3. The molecule has 0 unspecified atom stereocenters. The highest BCUT2D eigenvalue weighted by atomic mass is 16.3. The van der Waals surface area contributed by atoms with E-state index in [-0.39, 0.29) is 0 Å². The molecule has 1 aliphatic heterocycles. The van der Waals surface area contributed by atoms with Crippen molar-refractivity contribution in [1.82, 2.24) is 19.9 Å². The van der Waals surface area contributed by atoms with E-state index in [1.54, 1.807) is 38.6 Å². The van der Waals surface area contributed by atoms with Gasteiger partial charge in [0.05, 0.1) is 18.2 Å². The van der Waals surface area contributed by atoms with Crippen molar-refractivity contribution in [2.24, 2.45) is 0 Å². The van der Waals surface area contributed by atoms with Gasteiger partial charge in [0.25, 0.3) is 0 Å². The Labute approximate surface area is 198 Å². The Kier molecular flexibility index (Phi) is 5.77. The van der Waals surface area contributed by atoms with Crippen molar-refractivity contribution < 1.29 is 9.52 Å². The van der Waals surface area contributed by atoms with E-state index in [2.05, 4.69) is 50.7 Å². The van der Waals surface area contributed by atoms with E-state index in [4.69, 9.17) is 9.40 Å². The minimum atomic E-state index is -1.05. The standard InChI is InChI=1S/C26H28N6O2/c1-26(2,33)22-5-4-6-23(29-22)30-24-21(19-10-12-34-16-19)14-27-25(31-24)28-20-8-7-18-15-32(3)11-9-17(18)13-20/h4-8,10,12-14,16,33H,9,11,15H2,1-3H3,(H2,27,28,29,30,31). The fourth-order valence-corrected chi connectivity index (χ4v) is 4.03. The van der Waals surface area contributed by atoms with E-state index >= 15 is 0 Å². The summed E-state index contributed by atoms with van der Waals surface area (Å²) in [5.74, 6) is 1.63. The van der Waals surface area contributed by atoms with Crippen LogP contribution in [-0.4, -0.2) is 38.6 Å². The third-order valence-electron chi connectivity index (χ3n) is 5.91. The van der Waals surface area contributed by atoms with Crippen LogP contribution in [0.4, 0.5) is 23.3 Å². The molecule has 0 spiro atoms. The second kappa shape index (κ2) is 8.89. The van der Waals surface area contributed by atoms with Gasteiger partial charge in [-0.2, -0.15) is 4.98 Å². The van der Waals surface area contributed by atoms with Crippen LogP contribution in [-0.2, 0) is 18.6 Å². The number of likely N-dealkylation sites (N-methyl/N-ethyl adjacent to an activating group) is 1. The van der Waals surface area contributed by atoms with Gasteiger partial charge in [-0.15, -0.1) is 0 Å². The molecule has 0 fully saturated rings. The third kappa shape index (κ3) is 4.78. The molecule has 0 saturated heterocycles. The molecule has 3 N–H and O–H groups in total. The van der Waals surface area contributed by atoms with Crippen LogP contribution in [0.25, 0.3) is 11.1 Å². The van der Waals surface area contributed by atoms with Gasteiger partial charge in [0.15, 0.2) is 0 Å². The summed E-state index contributed by atoms with van der Waals surface area (Å²) < 4.78 is 5.27. The van der Waals surface area contributed by atoms with Crippen molar-refractivity contribution in [3.63, 3.8) is 0 Å². The average Bonchev–Trinajstić information content (AvgIpc) is 3.34. The fraction of sp³-hybridized carbons (Fsp3) is 0.269. The second-order valence-electron chi connectivity index (χ2n) is 9.16. The number of anilines is 4. The number of benzene rings is 1. The highest BCUT2D eigenvalue weighted by molar-refractivity contribution is 5.77. The van der Waals surface area contributed by atoms with Crippen LogP contribution in [0.5, 0.6) is 0 Å². The molecule has 3 aromatic heterocycles. The quantitative estimate of drug-likeness (QED) is 0.379. The summed E-state index contributed by atoms with van der Waals surface area (Å²) >= 11 is 0. The van der Waals surface area contributed by atoms with Gasteiger partial charge in [0.1, 0.15) is 17.2 Å². The molecule has 5 rings (SSSR count). The minimum absolute atomic E-state index is 0.473. The van der Waals surface area contributed by atoms with Crippen LogP contribution < -0.4 is 10.6 Å².